The van der Waals surface area contributed by atoms with E-state index in [1.54, 1.807) is 11.0 Å². The van der Waals surface area contributed by atoms with Crippen LogP contribution in [0.25, 0.3) is 0 Å². The Morgan fingerprint density at radius 3 is 2.26 bits per heavy atom. The number of nitrogens with one attached hydrogen (secondary N) is 1. The van der Waals surface area contributed by atoms with Gasteiger partial charge in [-0.2, -0.15) is 0 Å². The van der Waals surface area contributed by atoms with Crippen molar-refractivity contribution in [2.24, 2.45) is 0 Å². The Labute approximate surface area is 190 Å². The SMILES string of the molecule is CC[C@@H](C(=O)NC(C)(C)C)N(Cc1ccccc1Cl)C(=O)COc1cc(C)cc(C)c1. The van der Waals surface area contributed by atoms with E-state index >= 15 is 0 Å². The van der Waals surface area contributed by atoms with Crippen molar-refractivity contribution in [3.05, 3.63) is 64.2 Å². The zero-order valence-electron chi connectivity index (χ0n) is 19.3. The third kappa shape index (κ3) is 7.59. The van der Waals surface area contributed by atoms with Gasteiger partial charge in [0.1, 0.15) is 11.8 Å². The van der Waals surface area contributed by atoms with E-state index in [0.717, 1.165) is 16.7 Å². The summed E-state index contributed by atoms with van der Waals surface area (Å²) < 4.78 is 5.80. The molecule has 0 bridgehead atoms. The maximum absolute atomic E-state index is 13.3. The number of carbonyl (C=O) groups is 2. The molecule has 0 radical (unpaired) electrons. The first-order valence-electron chi connectivity index (χ1n) is 10.6. The molecule has 6 heteroatoms. The third-order valence-corrected chi connectivity index (χ3v) is 5.11. The number of rotatable bonds is 8. The van der Waals surface area contributed by atoms with Gasteiger partial charge < -0.3 is 15.0 Å². The van der Waals surface area contributed by atoms with Crippen LogP contribution >= 0.6 is 11.6 Å². The highest BCUT2D eigenvalue weighted by atomic mass is 35.5. The summed E-state index contributed by atoms with van der Waals surface area (Å²) in [6, 6.07) is 12.5. The number of benzene rings is 2. The van der Waals surface area contributed by atoms with Crippen LogP contribution in [0, 0.1) is 13.8 Å². The van der Waals surface area contributed by atoms with Gasteiger partial charge in [0.25, 0.3) is 5.91 Å². The molecule has 0 saturated heterocycles. The summed E-state index contributed by atoms with van der Waals surface area (Å²) in [5.41, 5.74) is 2.50. The van der Waals surface area contributed by atoms with Gasteiger partial charge in [0.2, 0.25) is 5.91 Å². The summed E-state index contributed by atoms with van der Waals surface area (Å²) >= 11 is 6.34. The van der Waals surface area contributed by atoms with Crippen molar-refractivity contribution in [1.82, 2.24) is 10.2 Å². The van der Waals surface area contributed by atoms with Gasteiger partial charge in [-0.05, 0) is 75.9 Å². The van der Waals surface area contributed by atoms with Crippen molar-refractivity contribution in [1.29, 1.82) is 0 Å². The Kier molecular flexibility index (Phi) is 8.52. The first-order valence-corrected chi connectivity index (χ1v) is 10.9. The van der Waals surface area contributed by atoms with Gasteiger partial charge in [0.05, 0.1) is 0 Å². The standard InChI is InChI=1S/C25H33ClN2O3/c1-7-22(24(30)27-25(4,5)6)28(15-19-10-8-9-11-21(19)26)23(29)16-31-20-13-17(2)12-18(3)14-20/h8-14,22H,7,15-16H2,1-6H3,(H,27,30)/t22-/m0/s1. The van der Waals surface area contributed by atoms with Crippen molar-refractivity contribution in [3.63, 3.8) is 0 Å². The third-order valence-electron chi connectivity index (χ3n) is 4.74. The molecule has 2 aromatic carbocycles. The number of carbonyl (C=O) groups excluding carboxylic acids is 2. The molecule has 0 aromatic heterocycles. The van der Waals surface area contributed by atoms with E-state index in [1.165, 1.54) is 0 Å². The van der Waals surface area contributed by atoms with E-state index < -0.39 is 11.6 Å². The Bertz CT molecular complexity index is 901. The summed E-state index contributed by atoms with van der Waals surface area (Å²) in [6.07, 6.45) is 0.474. The first kappa shape index (κ1) is 24.7. The van der Waals surface area contributed by atoms with Crippen LogP contribution in [0.5, 0.6) is 5.75 Å². The summed E-state index contributed by atoms with van der Waals surface area (Å²) in [7, 11) is 0. The first-order chi connectivity index (χ1) is 14.5. The lowest BCUT2D eigenvalue weighted by Gasteiger charge is -2.33. The van der Waals surface area contributed by atoms with E-state index in [0.29, 0.717) is 17.2 Å². The van der Waals surface area contributed by atoms with Gasteiger partial charge in [-0.25, -0.2) is 0 Å². The molecule has 0 fully saturated rings. The second kappa shape index (κ2) is 10.7. The van der Waals surface area contributed by atoms with Crippen molar-refractivity contribution in [3.8, 4) is 5.75 Å². The van der Waals surface area contributed by atoms with Crippen LogP contribution in [-0.4, -0.2) is 34.9 Å². The summed E-state index contributed by atoms with van der Waals surface area (Å²) in [5.74, 6) is 0.174. The Balaban J connectivity index is 2.27. The lowest BCUT2D eigenvalue weighted by Crippen LogP contribution is -2.54. The number of ether oxygens (including phenoxy) is 1. The molecule has 0 saturated carbocycles. The van der Waals surface area contributed by atoms with E-state index in [1.807, 2.05) is 77.9 Å². The van der Waals surface area contributed by atoms with E-state index in [4.69, 9.17) is 16.3 Å². The van der Waals surface area contributed by atoms with E-state index in [9.17, 15) is 9.59 Å². The highest BCUT2D eigenvalue weighted by Gasteiger charge is 2.31. The number of hydrogen-bond acceptors (Lipinski definition) is 3. The van der Waals surface area contributed by atoms with Gasteiger partial charge in [-0.1, -0.05) is 42.8 Å². The average Bonchev–Trinajstić information content (AvgIpc) is 2.65. The smallest absolute Gasteiger partial charge is 0.261 e. The molecule has 2 rings (SSSR count). The zero-order valence-corrected chi connectivity index (χ0v) is 20.0. The zero-order chi connectivity index (χ0) is 23.2. The average molecular weight is 445 g/mol. The number of aryl methyl sites for hydroxylation is 2. The Morgan fingerprint density at radius 2 is 1.71 bits per heavy atom. The lowest BCUT2D eigenvalue weighted by atomic mass is 10.1. The fourth-order valence-electron chi connectivity index (χ4n) is 3.43. The van der Waals surface area contributed by atoms with Crippen molar-refractivity contribution < 1.29 is 14.3 Å². The second-order valence-electron chi connectivity index (χ2n) is 8.89. The largest absolute Gasteiger partial charge is 0.484 e. The minimum Gasteiger partial charge on any atom is -0.484 e. The van der Waals surface area contributed by atoms with Gasteiger partial charge >= 0.3 is 0 Å². The van der Waals surface area contributed by atoms with Crippen LogP contribution in [-0.2, 0) is 16.1 Å². The number of nitrogens with zero attached hydrogens (tertiary/aromatic N) is 1. The quantitative estimate of drug-likeness (QED) is 0.619. The van der Waals surface area contributed by atoms with Crippen LogP contribution in [0.4, 0.5) is 0 Å². The molecule has 0 spiro atoms. The molecular weight excluding hydrogens is 412 g/mol. The maximum Gasteiger partial charge on any atom is 0.261 e. The predicted octanol–water partition coefficient (Wildman–Crippen LogP) is 5.06. The van der Waals surface area contributed by atoms with Crippen LogP contribution in [0.15, 0.2) is 42.5 Å². The molecular formula is C25H33ClN2O3. The molecule has 0 aliphatic rings. The Morgan fingerprint density at radius 1 is 1.10 bits per heavy atom. The molecule has 0 aliphatic carbocycles. The molecule has 0 aliphatic heterocycles. The minimum absolute atomic E-state index is 0.160. The van der Waals surface area contributed by atoms with Crippen molar-refractivity contribution in [2.75, 3.05) is 6.61 Å². The highest BCUT2D eigenvalue weighted by molar-refractivity contribution is 6.31. The van der Waals surface area contributed by atoms with Gasteiger partial charge in [0.15, 0.2) is 6.61 Å². The monoisotopic (exact) mass is 444 g/mol. The number of amides is 2. The Hall–Kier alpha value is -2.53. The van der Waals surface area contributed by atoms with Crippen molar-refractivity contribution >= 4 is 23.4 Å². The van der Waals surface area contributed by atoms with Crippen LogP contribution in [0.1, 0.15) is 50.8 Å². The highest BCUT2D eigenvalue weighted by Crippen LogP contribution is 2.21. The van der Waals surface area contributed by atoms with Crippen molar-refractivity contribution in [2.45, 2.75) is 66.1 Å². The van der Waals surface area contributed by atoms with Gasteiger partial charge in [-0.3, -0.25) is 9.59 Å². The minimum atomic E-state index is -0.633. The fourth-order valence-corrected chi connectivity index (χ4v) is 3.62. The molecule has 2 aromatic rings. The number of halogens is 1. The van der Waals surface area contributed by atoms with Crippen LogP contribution in [0.3, 0.4) is 0 Å². The van der Waals surface area contributed by atoms with E-state index in [2.05, 4.69) is 5.32 Å². The maximum atomic E-state index is 13.3. The van der Waals surface area contributed by atoms with Crippen LogP contribution in [0.2, 0.25) is 5.02 Å². The molecule has 2 amide bonds. The molecule has 31 heavy (non-hydrogen) atoms. The molecule has 1 atom stereocenters. The molecule has 0 heterocycles. The fraction of sp³-hybridized carbons (Fsp3) is 0.440. The van der Waals surface area contributed by atoms with E-state index in [-0.39, 0.29) is 25.0 Å². The molecule has 5 nitrogen and oxygen atoms in total. The predicted molar refractivity (Wildman–Crippen MR) is 125 cm³/mol. The molecule has 0 unspecified atom stereocenters. The summed E-state index contributed by atoms with van der Waals surface area (Å²) in [6.45, 7) is 11.7. The van der Waals surface area contributed by atoms with Gasteiger partial charge in [-0.15, -0.1) is 0 Å². The topological polar surface area (TPSA) is 58.6 Å². The second-order valence-corrected chi connectivity index (χ2v) is 9.30. The lowest BCUT2D eigenvalue weighted by molar-refractivity contribution is -0.143. The molecule has 168 valence electrons. The van der Waals surface area contributed by atoms with Crippen LogP contribution < -0.4 is 10.1 Å². The molecule has 1 N–H and O–H groups in total. The summed E-state index contributed by atoms with van der Waals surface area (Å²) in [4.78, 5) is 27.8. The number of hydrogen-bond donors (Lipinski definition) is 1. The summed E-state index contributed by atoms with van der Waals surface area (Å²) in [5, 5.41) is 3.55. The normalized spacial score (nSPS) is 12.2. The van der Waals surface area contributed by atoms with Gasteiger partial charge in [0, 0.05) is 17.1 Å².